The molecule has 2 aromatic heterocycles. The van der Waals surface area contributed by atoms with E-state index in [1.54, 1.807) is 41.8 Å². The van der Waals surface area contributed by atoms with Crippen LogP contribution in [0.3, 0.4) is 0 Å². The van der Waals surface area contributed by atoms with E-state index < -0.39 is 21.0 Å². The number of amides is 1. The molecule has 7 nitrogen and oxygen atoms in total. The van der Waals surface area contributed by atoms with Crippen LogP contribution in [-0.2, 0) is 9.84 Å². The zero-order valence-corrected chi connectivity index (χ0v) is 15.6. The molecule has 0 fully saturated rings. The average molecular weight is 405 g/mol. The molecule has 1 N–H and O–H groups in total. The molecule has 3 aromatic rings. The van der Waals surface area contributed by atoms with Crippen LogP contribution < -0.4 is 14.8 Å². The lowest BCUT2D eigenvalue weighted by molar-refractivity contribution is 0.0926. The molecule has 1 amide bonds. The summed E-state index contributed by atoms with van der Waals surface area (Å²) in [7, 11) is -3.72. The monoisotopic (exact) mass is 405 g/mol. The number of fused-ring (bicyclic) bond motifs is 1. The summed E-state index contributed by atoms with van der Waals surface area (Å²) in [6.07, 6.45) is 1.38. The molecule has 1 aliphatic rings. The maximum atomic E-state index is 13.2. The second-order valence-electron chi connectivity index (χ2n) is 5.77. The predicted octanol–water partition coefficient (Wildman–Crippen LogP) is 3.01. The van der Waals surface area contributed by atoms with Gasteiger partial charge in [0.05, 0.1) is 6.26 Å². The molecule has 0 bridgehead atoms. The Bertz CT molecular complexity index is 1040. The number of ether oxygens (including phenoxy) is 2. The lowest BCUT2D eigenvalue weighted by atomic mass is 10.1. The number of carbonyl (C=O) groups is 1. The Hall–Kier alpha value is -2.78. The third kappa shape index (κ3) is 3.43. The van der Waals surface area contributed by atoms with Gasteiger partial charge in [-0.1, -0.05) is 12.1 Å². The van der Waals surface area contributed by atoms with Crippen LogP contribution in [0.2, 0.25) is 0 Å². The first-order valence-electron chi connectivity index (χ1n) is 8.04. The van der Waals surface area contributed by atoms with Crippen LogP contribution in [0.1, 0.15) is 21.4 Å². The molecule has 1 atom stereocenters. The van der Waals surface area contributed by atoms with Crippen molar-refractivity contribution in [2.24, 2.45) is 0 Å². The Labute approximate surface area is 159 Å². The summed E-state index contributed by atoms with van der Waals surface area (Å²) in [6.45, 7) is -0.0181. The summed E-state index contributed by atoms with van der Waals surface area (Å²) in [6, 6.07) is 11.3. The van der Waals surface area contributed by atoms with E-state index in [1.165, 1.54) is 12.3 Å². The van der Waals surface area contributed by atoms with Crippen molar-refractivity contribution >= 4 is 27.1 Å². The Balaban J connectivity index is 1.66. The molecule has 9 heteroatoms. The highest BCUT2D eigenvalue weighted by atomic mass is 32.2. The number of rotatable bonds is 6. The topological polar surface area (TPSA) is 94.8 Å². The van der Waals surface area contributed by atoms with E-state index in [0.717, 1.165) is 11.3 Å². The number of benzene rings is 1. The quantitative estimate of drug-likeness (QED) is 0.677. The van der Waals surface area contributed by atoms with Gasteiger partial charge >= 0.3 is 0 Å². The first kappa shape index (κ1) is 17.6. The molecule has 1 aromatic carbocycles. The minimum Gasteiger partial charge on any atom is -0.459 e. The van der Waals surface area contributed by atoms with Gasteiger partial charge in [0.2, 0.25) is 6.79 Å². The molecule has 0 radical (unpaired) electrons. The highest BCUT2D eigenvalue weighted by Crippen LogP contribution is 2.38. The molecule has 0 saturated carbocycles. The fraction of sp³-hybridized carbons (Fsp3) is 0.167. The molecule has 1 aliphatic heterocycles. The molecule has 140 valence electrons. The van der Waals surface area contributed by atoms with Crippen LogP contribution in [-0.4, -0.2) is 27.7 Å². The third-order valence-electron chi connectivity index (χ3n) is 4.11. The second-order valence-corrected chi connectivity index (χ2v) is 9.07. The predicted molar refractivity (Wildman–Crippen MR) is 97.9 cm³/mol. The molecule has 0 unspecified atom stereocenters. The fourth-order valence-corrected chi connectivity index (χ4v) is 5.62. The molecule has 4 rings (SSSR count). The second kappa shape index (κ2) is 7.09. The van der Waals surface area contributed by atoms with E-state index in [9.17, 15) is 13.2 Å². The lowest BCUT2D eigenvalue weighted by Crippen LogP contribution is -2.31. The number of carbonyl (C=O) groups excluding carboxylic acids is 1. The number of sulfone groups is 1. The van der Waals surface area contributed by atoms with Gasteiger partial charge in [-0.25, -0.2) is 8.42 Å². The van der Waals surface area contributed by atoms with Crippen molar-refractivity contribution in [3.63, 3.8) is 0 Å². The van der Waals surface area contributed by atoms with Gasteiger partial charge in [0, 0.05) is 6.54 Å². The summed E-state index contributed by atoms with van der Waals surface area (Å²) in [5.41, 5.74) is 0.507. The van der Waals surface area contributed by atoms with Gasteiger partial charge in [0.1, 0.15) is 9.46 Å². The molecule has 0 saturated heterocycles. The third-order valence-corrected chi connectivity index (χ3v) is 7.64. The first-order chi connectivity index (χ1) is 13.1. The molecule has 27 heavy (non-hydrogen) atoms. The van der Waals surface area contributed by atoms with Crippen LogP contribution in [0.15, 0.2) is 62.7 Å². The Morgan fingerprint density at radius 3 is 2.74 bits per heavy atom. The normalized spacial score (nSPS) is 14.1. The largest absolute Gasteiger partial charge is 0.459 e. The minimum atomic E-state index is -3.72. The van der Waals surface area contributed by atoms with Crippen LogP contribution in [0.4, 0.5) is 0 Å². The standard InChI is InChI=1S/C18H15NO6S2/c20-18(14-3-1-7-23-14)19-10-16(27(21,22)17-4-2-8-26-17)12-5-6-13-15(9-12)25-11-24-13/h1-9,16H,10-11H2,(H,19,20)/t16-/m0/s1. The van der Waals surface area contributed by atoms with E-state index in [2.05, 4.69) is 5.32 Å². The summed E-state index contributed by atoms with van der Waals surface area (Å²) >= 11 is 1.14. The molecule has 0 spiro atoms. The Morgan fingerprint density at radius 2 is 2.00 bits per heavy atom. The highest BCUT2D eigenvalue weighted by Gasteiger charge is 2.32. The smallest absolute Gasteiger partial charge is 0.287 e. The number of thiophene rings is 1. The first-order valence-corrected chi connectivity index (χ1v) is 10.5. The van der Waals surface area contributed by atoms with Gasteiger partial charge in [0.15, 0.2) is 27.1 Å². The minimum absolute atomic E-state index is 0.0936. The van der Waals surface area contributed by atoms with E-state index in [0.29, 0.717) is 17.1 Å². The van der Waals surface area contributed by atoms with E-state index >= 15 is 0 Å². The lowest BCUT2D eigenvalue weighted by Gasteiger charge is -2.18. The van der Waals surface area contributed by atoms with Crippen molar-refractivity contribution in [3.05, 3.63) is 65.4 Å². The number of hydrogen-bond donors (Lipinski definition) is 1. The van der Waals surface area contributed by atoms with Crippen LogP contribution in [0, 0.1) is 0 Å². The van der Waals surface area contributed by atoms with E-state index in [-0.39, 0.29) is 23.3 Å². The summed E-state index contributed by atoms with van der Waals surface area (Å²) in [4.78, 5) is 12.2. The van der Waals surface area contributed by atoms with Gasteiger partial charge in [-0.05, 0) is 41.3 Å². The fourth-order valence-electron chi connectivity index (χ4n) is 2.77. The van der Waals surface area contributed by atoms with Crippen molar-refractivity contribution in [2.45, 2.75) is 9.46 Å². The molecular formula is C18H15NO6S2. The maximum Gasteiger partial charge on any atom is 0.287 e. The SMILES string of the molecule is O=C(NC[C@@H](c1ccc2c(c1)OCO2)S(=O)(=O)c1cccs1)c1ccco1. The highest BCUT2D eigenvalue weighted by molar-refractivity contribution is 7.93. The molecule has 3 heterocycles. The van der Waals surface area contributed by atoms with Gasteiger partial charge in [-0.3, -0.25) is 4.79 Å². The summed E-state index contributed by atoms with van der Waals surface area (Å²) < 4.78 is 42.2. The zero-order valence-electron chi connectivity index (χ0n) is 14.0. The van der Waals surface area contributed by atoms with Crippen molar-refractivity contribution < 1.29 is 27.1 Å². The number of furan rings is 1. The van der Waals surface area contributed by atoms with E-state index in [4.69, 9.17) is 13.9 Å². The Morgan fingerprint density at radius 1 is 1.15 bits per heavy atom. The maximum absolute atomic E-state index is 13.2. The summed E-state index contributed by atoms with van der Waals surface area (Å²) in [5, 5.41) is 3.36. The molecular weight excluding hydrogens is 390 g/mol. The van der Waals surface area contributed by atoms with Gasteiger partial charge in [-0.15, -0.1) is 11.3 Å². The van der Waals surface area contributed by atoms with Crippen LogP contribution >= 0.6 is 11.3 Å². The Kier molecular flexibility index (Phi) is 4.63. The van der Waals surface area contributed by atoms with Crippen molar-refractivity contribution in [3.8, 4) is 11.5 Å². The van der Waals surface area contributed by atoms with Crippen molar-refractivity contribution in [2.75, 3.05) is 13.3 Å². The number of hydrogen-bond acceptors (Lipinski definition) is 7. The number of nitrogens with one attached hydrogen (secondary N) is 1. The van der Waals surface area contributed by atoms with Gasteiger partial charge < -0.3 is 19.2 Å². The van der Waals surface area contributed by atoms with Crippen molar-refractivity contribution in [1.82, 2.24) is 5.32 Å². The van der Waals surface area contributed by atoms with E-state index in [1.807, 2.05) is 0 Å². The van der Waals surface area contributed by atoms with Gasteiger partial charge in [0.25, 0.3) is 5.91 Å². The zero-order chi connectivity index (χ0) is 18.9. The average Bonchev–Trinajstić information content (AvgIpc) is 3.43. The molecule has 0 aliphatic carbocycles. The van der Waals surface area contributed by atoms with Crippen LogP contribution in [0.25, 0.3) is 0 Å². The van der Waals surface area contributed by atoms with Crippen LogP contribution in [0.5, 0.6) is 11.5 Å². The van der Waals surface area contributed by atoms with Gasteiger partial charge in [-0.2, -0.15) is 0 Å². The van der Waals surface area contributed by atoms with Crippen molar-refractivity contribution in [1.29, 1.82) is 0 Å². The summed E-state index contributed by atoms with van der Waals surface area (Å²) in [5.74, 6) is 0.682.